The van der Waals surface area contributed by atoms with Crippen molar-refractivity contribution in [3.8, 4) is 17.2 Å². The van der Waals surface area contributed by atoms with Crippen LogP contribution in [0.15, 0.2) is 83.9 Å². The van der Waals surface area contributed by atoms with E-state index in [1.54, 1.807) is 18.3 Å². The number of hydrogen-bond donors (Lipinski definition) is 0. The molecule has 37 heavy (non-hydrogen) atoms. The first-order valence-electron chi connectivity index (χ1n) is 12.0. The van der Waals surface area contributed by atoms with Crippen LogP contribution < -0.4 is 0 Å². The Morgan fingerprint density at radius 3 is 2.41 bits per heavy atom. The summed E-state index contributed by atoms with van der Waals surface area (Å²) in [4.78, 5) is 7.05. The lowest BCUT2D eigenvalue weighted by atomic mass is 9.83. The summed E-state index contributed by atoms with van der Waals surface area (Å²) in [5.74, 6) is 0. The van der Waals surface area contributed by atoms with Gasteiger partial charge >= 0.3 is 0 Å². The lowest BCUT2D eigenvalue weighted by molar-refractivity contribution is 0.463. The van der Waals surface area contributed by atoms with Crippen LogP contribution in [-0.2, 0) is 15.3 Å². The summed E-state index contributed by atoms with van der Waals surface area (Å²) in [5, 5.41) is 10.8. The Morgan fingerprint density at radius 2 is 1.76 bits per heavy atom. The predicted octanol–water partition coefficient (Wildman–Crippen LogP) is 6.21. The van der Waals surface area contributed by atoms with E-state index >= 15 is 0 Å². The number of aromatic nitrogens is 1. The van der Waals surface area contributed by atoms with E-state index in [-0.39, 0.29) is 0 Å². The highest BCUT2D eigenvalue weighted by molar-refractivity contribution is 7.90. The van der Waals surface area contributed by atoms with E-state index in [1.807, 2.05) is 64.3 Å². The summed E-state index contributed by atoms with van der Waals surface area (Å²) >= 11 is 0. The fraction of sp³-hybridized carbons (Fsp3) is 0.226. The number of nitrogens with zero attached hydrogens (tertiary/aromatic N) is 3. The molecule has 3 aromatic carbocycles. The van der Waals surface area contributed by atoms with E-state index < -0.39 is 15.3 Å². The molecule has 0 amide bonds. The topological polar surface area (TPSA) is 74.1 Å². The SMILES string of the molecule is CN(C)CC(=Cc1cccc(-c2cc(C(C)(C)C#N)cc3cccnc23)c1)c1ccc(S(C)(=O)=O)cc1. The number of nitriles is 1. The number of rotatable bonds is 7. The first-order chi connectivity index (χ1) is 17.5. The van der Waals surface area contributed by atoms with Crippen molar-refractivity contribution in [1.29, 1.82) is 5.26 Å². The maximum atomic E-state index is 11.9. The molecule has 0 spiro atoms. The van der Waals surface area contributed by atoms with E-state index in [0.29, 0.717) is 11.4 Å². The van der Waals surface area contributed by atoms with Gasteiger partial charge in [0.25, 0.3) is 0 Å². The Morgan fingerprint density at radius 1 is 1.03 bits per heavy atom. The fourth-order valence-electron chi connectivity index (χ4n) is 4.31. The molecule has 0 saturated heterocycles. The smallest absolute Gasteiger partial charge is 0.175 e. The number of fused-ring (bicyclic) bond motifs is 1. The first-order valence-corrected chi connectivity index (χ1v) is 13.9. The van der Waals surface area contributed by atoms with Crippen LogP contribution in [0.25, 0.3) is 33.7 Å². The highest BCUT2D eigenvalue weighted by atomic mass is 32.2. The standard InChI is InChI=1S/C31H31N3O2S/c1-31(2,21-32)27-18-25-10-7-15-33-30(25)29(19-27)24-9-6-8-22(16-24)17-26(20-34(3)4)23-11-13-28(14-12-23)37(5,35)36/h6-19H,20H2,1-5H3. The fourth-order valence-corrected chi connectivity index (χ4v) is 4.94. The van der Waals surface area contributed by atoms with Gasteiger partial charge in [0, 0.05) is 29.9 Å². The summed E-state index contributed by atoms with van der Waals surface area (Å²) in [6.07, 6.45) is 5.15. The molecule has 0 atom stereocenters. The molecule has 4 aromatic rings. The van der Waals surface area contributed by atoms with Gasteiger partial charge < -0.3 is 4.90 Å². The lowest BCUT2D eigenvalue weighted by Gasteiger charge is -2.19. The summed E-state index contributed by atoms with van der Waals surface area (Å²) in [6, 6.07) is 25.8. The predicted molar refractivity (Wildman–Crippen MR) is 152 cm³/mol. The Kier molecular flexibility index (Phi) is 7.31. The molecule has 188 valence electrons. The second kappa shape index (κ2) is 10.3. The van der Waals surface area contributed by atoms with Crippen molar-refractivity contribution in [3.05, 3.63) is 95.7 Å². The summed E-state index contributed by atoms with van der Waals surface area (Å²) < 4.78 is 23.8. The second-order valence-electron chi connectivity index (χ2n) is 10.2. The van der Waals surface area contributed by atoms with Crippen LogP contribution in [0.1, 0.15) is 30.5 Å². The van der Waals surface area contributed by atoms with E-state index in [4.69, 9.17) is 0 Å². The summed E-state index contributed by atoms with van der Waals surface area (Å²) in [7, 11) is 0.765. The van der Waals surface area contributed by atoms with Crippen LogP contribution in [0.2, 0.25) is 0 Å². The number of likely N-dealkylation sites (N-methyl/N-ethyl adjacent to an activating group) is 1. The molecule has 0 radical (unpaired) electrons. The Balaban J connectivity index is 1.83. The van der Waals surface area contributed by atoms with Gasteiger partial charge in [-0.1, -0.05) is 36.4 Å². The van der Waals surface area contributed by atoms with Gasteiger partial charge in [-0.05, 0) is 98.2 Å². The van der Waals surface area contributed by atoms with Crippen molar-refractivity contribution in [1.82, 2.24) is 9.88 Å². The molecule has 0 bridgehead atoms. The van der Waals surface area contributed by atoms with Crippen molar-refractivity contribution in [3.63, 3.8) is 0 Å². The minimum absolute atomic E-state index is 0.307. The molecule has 0 saturated carbocycles. The van der Waals surface area contributed by atoms with Crippen molar-refractivity contribution >= 4 is 32.4 Å². The minimum Gasteiger partial charge on any atom is -0.305 e. The van der Waals surface area contributed by atoms with Gasteiger partial charge in [0.15, 0.2) is 9.84 Å². The normalized spacial score (nSPS) is 12.6. The molecular formula is C31H31N3O2S. The Hall–Kier alpha value is -3.79. The molecule has 0 N–H and O–H groups in total. The number of sulfone groups is 1. The zero-order valence-electron chi connectivity index (χ0n) is 21.9. The highest BCUT2D eigenvalue weighted by Gasteiger charge is 2.22. The van der Waals surface area contributed by atoms with Crippen molar-refractivity contribution in [2.24, 2.45) is 0 Å². The molecule has 5 nitrogen and oxygen atoms in total. The van der Waals surface area contributed by atoms with Crippen LogP contribution in [0.3, 0.4) is 0 Å². The van der Waals surface area contributed by atoms with Crippen LogP contribution in [-0.4, -0.2) is 45.2 Å². The largest absolute Gasteiger partial charge is 0.305 e. The first kappa shape index (κ1) is 26.3. The molecular weight excluding hydrogens is 478 g/mol. The van der Waals surface area contributed by atoms with E-state index in [9.17, 15) is 13.7 Å². The number of benzene rings is 3. The van der Waals surface area contributed by atoms with Crippen LogP contribution in [0.4, 0.5) is 0 Å². The number of pyridine rings is 1. The Labute approximate surface area is 219 Å². The minimum atomic E-state index is -3.25. The van der Waals surface area contributed by atoms with Crippen LogP contribution in [0.5, 0.6) is 0 Å². The summed E-state index contributed by atoms with van der Waals surface area (Å²) in [6.45, 7) is 4.55. The third-order valence-electron chi connectivity index (χ3n) is 6.38. The Bertz CT molecular complexity index is 1630. The van der Waals surface area contributed by atoms with Gasteiger partial charge in [-0.15, -0.1) is 0 Å². The van der Waals surface area contributed by atoms with Crippen LogP contribution in [0, 0.1) is 11.3 Å². The highest BCUT2D eigenvalue weighted by Crippen LogP contribution is 2.34. The van der Waals surface area contributed by atoms with Gasteiger partial charge in [0.05, 0.1) is 21.9 Å². The van der Waals surface area contributed by atoms with Gasteiger partial charge in [-0.2, -0.15) is 5.26 Å². The monoisotopic (exact) mass is 509 g/mol. The second-order valence-corrected chi connectivity index (χ2v) is 12.2. The van der Waals surface area contributed by atoms with E-state index in [1.165, 1.54) is 6.26 Å². The molecule has 0 aliphatic heterocycles. The van der Waals surface area contributed by atoms with Gasteiger partial charge in [-0.25, -0.2) is 8.42 Å². The third-order valence-corrected chi connectivity index (χ3v) is 7.51. The van der Waals surface area contributed by atoms with Crippen molar-refractivity contribution < 1.29 is 8.42 Å². The average Bonchev–Trinajstić information content (AvgIpc) is 2.87. The zero-order valence-corrected chi connectivity index (χ0v) is 22.7. The van der Waals surface area contributed by atoms with E-state index in [2.05, 4.69) is 46.3 Å². The van der Waals surface area contributed by atoms with Crippen molar-refractivity contribution in [2.75, 3.05) is 26.9 Å². The zero-order chi connectivity index (χ0) is 26.8. The quantitative estimate of drug-likeness (QED) is 0.277. The molecule has 0 unspecified atom stereocenters. The third kappa shape index (κ3) is 5.96. The molecule has 0 aliphatic carbocycles. The van der Waals surface area contributed by atoms with Gasteiger partial charge in [0.1, 0.15) is 0 Å². The molecule has 0 fully saturated rings. The molecule has 1 aromatic heterocycles. The molecule has 1 heterocycles. The summed E-state index contributed by atoms with van der Waals surface area (Å²) in [5.41, 5.74) is 6.28. The molecule has 0 aliphatic rings. The molecule has 4 rings (SSSR count). The van der Waals surface area contributed by atoms with Crippen LogP contribution >= 0.6 is 0 Å². The maximum absolute atomic E-state index is 11.9. The van der Waals surface area contributed by atoms with Crippen molar-refractivity contribution in [2.45, 2.75) is 24.2 Å². The van der Waals surface area contributed by atoms with Gasteiger partial charge in [-0.3, -0.25) is 4.98 Å². The average molecular weight is 510 g/mol. The maximum Gasteiger partial charge on any atom is 0.175 e. The molecule has 6 heteroatoms. The van der Waals surface area contributed by atoms with E-state index in [0.717, 1.165) is 44.3 Å². The number of hydrogen-bond acceptors (Lipinski definition) is 5. The van der Waals surface area contributed by atoms with Gasteiger partial charge in [0.2, 0.25) is 0 Å². The lowest BCUT2D eigenvalue weighted by Crippen LogP contribution is -2.14.